The number of ketones is 1. The molecule has 0 heterocycles. The third kappa shape index (κ3) is 8.05. The maximum atomic E-state index is 12.0. The topological polar surface area (TPSA) is 83.0 Å². The van der Waals surface area contributed by atoms with Crippen molar-refractivity contribution < 1.29 is 32.4 Å². The lowest BCUT2D eigenvalue weighted by Crippen LogP contribution is -3.00. The Kier molecular flexibility index (Phi) is 10.2. The lowest BCUT2D eigenvalue weighted by atomic mass is 10.0. The van der Waals surface area contributed by atoms with Crippen LogP contribution in [0.3, 0.4) is 0 Å². The number of rotatable bonds is 9. The van der Waals surface area contributed by atoms with Gasteiger partial charge in [0.05, 0.1) is 13.0 Å². The van der Waals surface area contributed by atoms with Crippen LogP contribution in [0.25, 0.3) is 6.08 Å². The molecule has 0 radical (unpaired) electrons. The summed E-state index contributed by atoms with van der Waals surface area (Å²) >= 11 is 0. The molecule has 0 aliphatic heterocycles. The van der Waals surface area contributed by atoms with E-state index in [1.165, 1.54) is 6.92 Å². The van der Waals surface area contributed by atoms with Crippen molar-refractivity contribution in [2.45, 2.75) is 32.4 Å². The molecule has 0 aliphatic carbocycles. The lowest BCUT2D eigenvalue weighted by Gasteiger charge is -2.17. The Hall–Kier alpha value is -2.47. The van der Waals surface area contributed by atoms with E-state index in [2.05, 4.69) is 5.32 Å². The summed E-state index contributed by atoms with van der Waals surface area (Å²) in [6.45, 7) is 4.04. The van der Waals surface area contributed by atoms with Crippen LogP contribution in [-0.2, 0) is 9.59 Å². The monoisotopic (exact) mass is 402 g/mol. The van der Waals surface area contributed by atoms with E-state index >= 15 is 0 Å². The molecule has 6 heteroatoms. The van der Waals surface area contributed by atoms with Crippen molar-refractivity contribution in [1.29, 1.82) is 0 Å². The maximum Gasteiger partial charge on any atom is 0.221 e. The van der Waals surface area contributed by atoms with Gasteiger partial charge in [0.15, 0.2) is 5.78 Å². The molecule has 0 aliphatic rings. The average molecular weight is 403 g/mol. The summed E-state index contributed by atoms with van der Waals surface area (Å²) in [7, 11) is 0. The van der Waals surface area contributed by atoms with Crippen LogP contribution in [-0.4, -0.2) is 29.4 Å². The summed E-state index contributed by atoms with van der Waals surface area (Å²) in [5, 5.41) is 15.0. The van der Waals surface area contributed by atoms with Crippen molar-refractivity contribution >= 4 is 23.5 Å². The highest BCUT2D eigenvalue weighted by atomic mass is 35.5. The standard InChI is InChI=1S/C22H26N2O3.ClH/c1-16(22(27)19-6-4-3-5-7-19)23-15-14-21(26)13-10-18-8-11-20(12-9-18)24-17(2)25;/h3-13,16,22-23,27H,14-15H2,1-2H3,(H,24,25);1H/b13-10+;. The second-order valence-corrected chi connectivity index (χ2v) is 6.59. The Morgan fingerprint density at radius 2 is 1.75 bits per heavy atom. The van der Waals surface area contributed by atoms with Crippen LogP contribution in [0.15, 0.2) is 60.7 Å². The van der Waals surface area contributed by atoms with Crippen LogP contribution >= 0.6 is 0 Å². The van der Waals surface area contributed by atoms with Gasteiger partial charge in [-0.25, -0.2) is 0 Å². The highest BCUT2D eigenvalue weighted by Crippen LogP contribution is 2.14. The molecule has 2 rings (SSSR count). The van der Waals surface area contributed by atoms with Gasteiger partial charge in [0, 0.05) is 12.6 Å². The van der Waals surface area contributed by atoms with Gasteiger partial charge in [-0.05, 0) is 36.3 Å². The molecular weight excluding hydrogens is 376 g/mol. The van der Waals surface area contributed by atoms with E-state index in [4.69, 9.17) is 0 Å². The fourth-order valence-corrected chi connectivity index (χ4v) is 2.72. The van der Waals surface area contributed by atoms with E-state index in [0.717, 1.165) is 16.8 Å². The molecule has 0 saturated carbocycles. The molecule has 4 N–H and O–H groups in total. The molecule has 0 aromatic heterocycles. The Labute approximate surface area is 172 Å². The van der Waals surface area contributed by atoms with Crippen molar-refractivity contribution in [2.24, 2.45) is 0 Å². The molecule has 0 bridgehead atoms. The summed E-state index contributed by atoms with van der Waals surface area (Å²) in [4.78, 5) is 23.0. The number of aliphatic hydroxyl groups is 1. The zero-order valence-electron chi connectivity index (χ0n) is 16.1. The first-order valence-electron chi connectivity index (χ1n) is 9.10. The summed E-state index contributed by atoms with van der Waals surface area (Å²) in [6, 6.07) is 16.8. The third-order valence-corrected chi connectivity index (χ3v) is 4.26. The van der Waals surface area contributed by atoms with Crippen LogP contribution in [0.4, 0.5) is 5.69 Å². The maximum absolute atomic E-state index is 12.0. The first kappa shape index (κ1) is 23.6. The van der Waals surface area contributed by atoms with Gasteiger partial charge in [-0.15, -0.1) is 0 Å². The van der Waals surface area contributed by atoms with E-state index in [1.807, 2.05) is 54.7 Å². The first-order chi connectivity index (χ1) is 13.0. The molecule has 1 amide bonds. The number of carbonyl (C=O) groups excluding carboxylic acids is 2. The molecule has 2 unspecified atom stereocenters. The van der Waals surface area contributed by atoms with Gasteiger partial charge in [-0.1, -0.05) is 48.5 Å². The smallest absolute Gasteiger partial charge is 0.221 e. The molecule has 2 aromatic carbocycles. The number of halogens is 1. The zero-order chi connectivity index (χ0) is 19.6. The number of nitrogens with two attached hydrogens (primary N) is 1. The predicted molar refractivity (Wildman–Crippen MR) is 107 cm³/mol. The number of hydrogen-bond acceptors (Lipinski definition) is 3. The minimum absolute atomic E-state index is 0. The molecule has 150 valence electrons. The number of hydrogen-bond donors (Lipinski definition) is 3. The van der Waals surface area contributed by atoms with E-state index in [-0.39, 0.29) is 30.1 Å². The SMILES string of the molecule is CC(=O)Nc1ccc(/C=C/C(=O)CC[NH2+]C(C)C(O)c2ccccc2)cc1.[Cl-]. The normalized spacial score (nSPS) is 12.8. The largest absolute Gasteiger partial charge is 1.00 e. The van der Waals surface area contributed by atoms with Crippen molar-refractivity contribution in [3.05, 3.63) is 71.8 Å². The van der Waals surface area contributed by atoms with Gasteiger partial charge in [0.1, 0.15) is 12.1 Å². The zero-order valence-corrected chi connectivity index (χ0v) is 16.9. The number of aliphatic hydroxyl groups excluding tert-OH is 1. The molecule has 0 saturated heterocycles. The Balaban J connectivity index is 0.00000392. The van der Waals surface area contributed by atoms with Gasteiger partial charge < -0.3 is 28.1 Å². The highest BCUT2D eigenvalue weighted by Gasteiger charge is 2.18. The van der Waals surface area contributed by atoms with Gasteiger partial charge in [0.2, 0.25) is 5.91 Å². The van der Waals surface area contributed by atoms with E-state index in [1.54, 1.807) is 24.3 Å². The Morgan fingerprint density at radius 3 is 2.36 bits per heavy atom. The second-order valence-electron chi connectivity index (χ2n) is 6.59. The van der Waals surface area contributed by atoms with Gasteiger partial charge in [-0.3, -0.25) is 9.59 Å². The molecule has 0 fully saturated rings. The minimum Gasteiger partial charge on any atom is -1.00 e. The van der Waals surface area contributed by atoms with Gasteiger partial charge >= 0.3 is 0 Å². The third-order valence-electron chi connectivity index (χ3n) is 4.26. The Bertz CT molecular complexity index is 776. The highest BCUT2D eigenvalue weighted by molar-refractivity contribution is 5.93. The van der Waals surface area contributed by atoms with Gasteiger partial charge in [-0.2, -0.15) is 0 Å². The number of amides is 1. The van der Waals surface area contributed by atoms with Crippen LogP contribution in [0, 0.1) is 0 Å². The van der Waals surface area contributed by atoms with Crippen molar-refractivity contribution in [3.8, 4) is 0 Å². The molecule has 2 aromatic rings. The number of nitrogens with one attached hydrogen (secondary N) is 1. The molecule has 28 heavy (non-hydrogen) atoms. The van der Waals surface area contributed by atoms with E-state index in [0.29, 0.717) is 13.0 Å². The summed E-state index contributed by atoms with van der Waals surface area (Å²) in [5.41, 5.74) is 2.51. The van der Waals surface area contributed by atoms with Crippen molar-refractivity contribution in [2.75, 3.05) is 11.9 Å². The van der Waals surface area contributed by atoms with Crippen LogP contribution < -0.4 is 23.0 Å². The molecular formula is C22H27ClN2O3. The van der Waals surface area contributed by atoms with Crippen molar-refractivity contribution in [3.63, 3.8) is 0 Å². The number of allylic oxidation sites excluding steroid dienone is 1. The van der Waals surface area contributed by atoms with Crippen molar-refractivity contribution in [1.82, 2.24) is 0 Å². The second kappa shape index (κ2) is 12.1. The van der Waals surface area contributed by atoms with Crippen LogP contribution in [0.5, 0.6) is 0 Å². The number of quaternary nitrogens is 1. The van der Waals surface area contributed by atoms with E-state index in [9.17, 15) is 14.7 Å². The average Bonchev–Trinajstić information content (AvgIpc) is 2.67. The summed E-state index contributed by atoms with van der Waals surface area (Å²) in [6.07, 6.45) is 3.19. The van der Waals surface area contributed by atoms with E-state index < -0.39 is 6.10 Å². The fourth-order valence-electron chi connectivity index (χ4n) is 2.72. The van der Waals surface area contributed by atoms with Crippen LogP contribution in [0.2, 0.25) is 0 Å². The molecule has 5 nitrogen and oxygen atoms in total. The predicted octanol–water partition coefficient (Wildman–Crippen LogP) is -0.693. The number of carbonyl (C=O) groups is 2. The first-order valence-corrected chi connectivity index (χ1v) is 9.10. The van der Waals surface area contributed by atoms with Gasteiger partial charge in [0.25, 0.3) is 0 Å². The molecule has 2 atom stereocenters. The lowest BCUT2D eigenvalue weighted by molar-refractivity contribution is -0.693. The number of benzene rings is 2. The number of anilines is 1. The summed E-state index contributed by atoms with van der Waals surface area (Å²) in [5.74, 6) is -0.0741. The van der Waals surface area contributed by atoms with Crippen LogP contribution in [0.1, 0.15) is 37.5 Å². The summed E-state index contributed by atoms with van der Waals surface area (Å²) < 4.78 is 0. The Morgan fingerprint density at radius 1 is 1.11 bits per heavy atom. The fraction of sp³-hybridized carbons (Fsp3) is 0.273. The molecule has 0 spiro atoms. The quantitative estimate of drug-likeness (QED) is 0.485. The minimum atomic E-state index is -0.557.